The molecule has 0 saturated carbocycles. The van der Waals surface area contributed by atoms with Gasteiger partial charge in [0.1, 0.15) is 5.78 Å². The van der Waals surface area contributed by atoms with E-state index in [1.807, 2.05) is 6.08 Å². The highest BCUT2D eigenvalue weighted by molar-refractivity contribution is 5.82. The quantitative estimate of drug-likeness (QED) is 0.496. The summed E-state index contributed by atoms with van der Waals surface area (Å²) in [5.74, 6) is 0.637. The van der Waals surface area contributed by atoms with Crippen molar-refractivity contribution in [3.63, 3.8) is 0 Å². The molecule has 0 spiro atoms. The SMILES string of the molecule is C=CCCCC(=O)C1CC2CCC1O2. The van der Waals surface area contributed by atoms with Crippen molar-refractivity contribution < 1.29 is 9.53 Å². The molecule has 0 aliphatic carbocycles. The Balaban J connectivity index is 1.78. The van der Waals surface area contributed by atoms with Crippen LogP contribution in [-0.4, -0.2) is 18.0 Å². The highest BCUT2D eigenvalue weighted by Gasteiger charge is 2.43. The van der Waals surface area contributed by atoms with Crippen molar-refractivity contribution in [2.45, 2.75) is 50.7 Å². The van der Waals surface area contributed by atoms with Gasteiger partial charge < -0.3 is 4.74 Å². The van der Waals surface area contributed by atoms with Gasteiger partial charge in [-0.05, 0) is 32.1 Å². The van der Waals surface area contributed by atoms with Gasteiger partial charge in [-0.1, -0.05) is 6.08 Å². The van der Waals surface area contributed by atoms with Crippen LogP contribution in [0.15, 0.2) is 12.7 Å². The lowest BCUT2D eigenvalue weighted by molar-refractivity contribution is -0.124. The molecular weight excluding hydrogens is 176 g/mol. The number of unbranched alkanes of at least 4 members (excludes halogenated alkanes) is 1. The van der Waals surface area contributed by atoms with Gasteiger partial charge in [-0.15, -0.1) is 6.58 Å². The van der Waals surface area contributed by atoms with E-state index in [1.54, 1.807) is 0 Å². The molecule has 0 aromatic rings. The molecule has 2 heteroatoms. The van der Waals surface area contributed by atoms with Crippen molar-refractivity contribution in [3.05, 3.63) is 12.7 Å². The lowest BCUT2D eigenvalue weighted by atomic mass is 9.84. The predicted molar refractivity (Wildman–Crippen MR) is 55.1 cm³/mol. The van der Waals surface area contributed by atoms with Crippen LogP contribution in [0.25, 0.3) is 0 Å². The Morgan fingerprint density at radius 2 is 2.36 bits per heavy atom. The lowest BCUT2D eigenvalue weighted by Crippen LogP contribution is -2.25. The zero-order valence-corrected chi connectivity index (χ0v) is 8.58. The first kappa shape index (κ1) is 9.91. The van der Waals surface area contributed by atoms with Gasteiger partial charge in [-0.2, -0.15) is 0 Å². The van der Waals surface area contributed by atoms with Crippen molar-refractivity contribution in [1.82, 2.24) is 0 Å². The monoisotopic (exact) mass is 194 g/mol. The Bertz CT molecular complexity index is 234. The second kappa shape index (κ2) is 4.26. The molecule has 0 amide bonds. The van der Waals surface area contributed by atoms with Crippen LogP contribution in [-0.2, 0) is 9.53 Å². The third kappa shape index (κ3) is 1.90. The second-order valence-corrected chi connectivity index (χ2v) is 4.36. The number of carbonyl (C=O) groups is 1. The van der Waals surface area contributed by atoms with Crippen LogP contribution >= 0.6 is 0 Å². The molecule has 2 rings (SSSR count). The average molecular weight is 194 g/mol. The van der Waals surface area contributed by atoms with Crippen LogP contribution < -0.4 is 0 Å². The van der Waals surface area contributed by atoms with Crippen LogP contribution in [0.5, 0.6) is 0 Å². The van der Waals surface area contributed by atoms with Gasteiger partial charge in [0.15, 0.2) is 0 Å². The first-order valence-electron chi connectivity index (χ1n) is 5.60. The summed E-state index contributed by atoms with van der Waals surface area (Å²) in [6.07, 6.45) is 8.41. The predicted octanol–water partition coefficient (Wildman–Crippen LogP) is 2.48. The number of carbonyl (C=O) groups excluding carboxylic acids is 1. The molecule has 0 radical (unpaired) electrons. The highest BCUT2D eigenvalue weighted by atomic mass is 16.5. The lowest BCUT2D eigenvalue weighted by Gasteiger charge is -2.16. The van der Waals surface area contributed by atoms with Crippen LogP contribution in [0.4, 0.5) is 0 Å². The molecule has 3 atom stereocenters. The fraction of sp³-hybridized carbons (Fsp3) is 0.750. The van der Waals surface area contributed by atoms with E-state index in [0.29, 0.717) is 18.3 Å². The number of ether oxygens (including phenoxy) is 1. The van der Waals surface area contributed by atoms with Crippen molar-refractivity contribution in [2.24, 2.45) is 5.92 Å². The molecule has 2 bridgehead atoms. The first-order valence-corrected chi connectivity index (χ1v) is 5.60. The topological polar surface area (TPSA) is 26.3 Å². The molecule has 2 aliphatic heterocycles. The molecule has 0 N–H and O–H groups in total. The minimum atomic E-state index is 0.221. The van der Waals surface area contributed by atoms with E-state index in [2.05, 4.69) is 6.58 Å². The van der Waals surface area contributed by atoms with Crippen LogP contribution in [0.3, 0.4) is 0 Å². The molecular formula is C12H18O2. The number of hydrogen-bond donors (Lipinski definition) is 0. The Kier molecular flexibility index (Phi) is 3.02. The van der Waals surface area contributed by atoms with E-state index in [-0.39, 0.29) is 12.0 Å². The number of fused-ring (bicyclic) bond motifs is 2. The molecule has 78 valence electrons. The maximum atomic E-state index is 11.8. The Labute approximate surface area is 85.3 Å². The van der Waals surface area contributed by atoms with Crippen molar-refractivity contribution in [2.75, 3.05) is 0 Å². The summed E-state index contributed by atoms with van der Waals surface area (Å²) < 4.78 is 5.67. The first-order chi connectivity index (χ1) is 6.81. The number of hydrogen-bond acceptors (Lipinski definition) is 2. The molecule has 2 fully saturated rings. The van der Waals surface area contributed by atoms with E-state index < -0.39 is 0 Å². The van der Waals surface area contributed by atoms with Crippen molar-refractivity contribution in [1.29, 1.82) is 0 Å². The molecule has 2 heterocycles. The third-order valence-corrected chi connectivity index (χ3v) is 3.35. The van der Waals surface area contributed by atoms with Gasteiger partial charge in [0.2, 0.25) is 0 Å². The number of ketones is 1. The fourth-order valence-corrected chi connectivity index (χ4v) is 2.58. The van der Waals surface area contributed by atoms with Gasteiger partial charge in [-0.3, -0.25) is 4.79 Å². The largest absolute Gasteiger partial charge is 0.374 e. The maximum absolute atomic E-state index is 11.8. The zero-order chi connectivity index (χ0) is 9.97. The number of rotatable bonds is 5. The number of allylic oxidation sites excluding steroid dienone is 1. The zero-order valence-electron chi connectivity index (χ0n) is 8.58. The van der Waals surface area contributed by atoms with E-state index in [1.165, 1.54) is 6.42 Å². The number of Topliss-reactive ketones (excluding diaryl/α,β-unsaturated/α-hetero) is 1. The smallest absolute Gasteiger partial charge is 0.138 e. The standard InChI is InChI=1S/C12H18O2/c1-2-3-4-5-11(13)10-8-9-6-7-12(10)14-9/h2,9-10,12H,1,3-8H2. The maximum Gasteiger partial charge on any atom is 0.138 e. The Morgan fingerprint density at radius 1 is 1.50 bits per heavy atom. The fourth-order valence-electron chi connectivity index (χ4n) is 2.58. The van der Waals surface area contributed by atoms with Gasteiger partial charge in [0.05, 0.1) is 12.2 Å². The summed E-state index contributed by atoms with van der Waals surface area (Å²) in [5.41, 5.74) is 0. The van der Waals surface area contributed by atoms with Gasteiger partial charge in [0.25, 0.3) is 0 Å². The Morgan fingerprint density at radius 3 is 2.93 bits per heavy atom. The second-order valence-electron chi connectivity index (χ2n) is 4.36. The molecule has 3 unspecified atom stereocenters. The minimum Gasteiger partial charge on any atom is -0.374 e. The van der Waals surface area contributed by atoms with E-state index >= 15 is 0 Å². The molecule has 0 aromatic heterocycles. The van der Waals surface area contributed by atoms with Crippen LogP contribution in [0, 0.1) is 5.92 Å². The molecule has 2 aliphatic rings. The summed E-state index contributed by atoms with van der Waals surface area (Å²) in [6, 6.07) is 0. The summed E-state index contributed by atoms with van der Waals surface area (Å²) in [6.45, 7) is 3.66. The van der Waals surface area contributed by atoms with Crippen molar-refractivity contribution >= 4 is 5.78 Å². The summed E-state index contributed by atoms with van der Waals surface area (Å²) in [5, 5.41) is 0. The normalized spacial score (nSPS) is 34.7. The van der Waals surface area contributed by atoms with Crippen LogP contribution in [0.1, 0.15) is 38.5 Å². The molecule has 2 saturated heterocycles. The molecule has 14 heavy (non-hydrogen) atoms. The average Bonchev–Trinajstić information content (AvgIpc) is 2.79. The van der Waals surface area contributed by atoms with Crippen molar-refractivity contribution in [3.8, 4) is 0 Å². The van der Waals surface area contributed by atoms with Gasteiger partial charge >= 0.3 is 0 Å². The summed E-state index contributed by atoms with van der Waals surface area (Å²) in [4.78, 5) is 11.8. The van der Waals surface area contributed by atoms with E-state index in [4.69, 9.17) is 4.74 Å². The van der Waals surface area contributed by atoms with Crippen LogP contribution in [0.2, 0.25) is 0 Å². The molecule has 0 aromatic carbocycles. The van der Waals surface area contributed by atoms with Gasteiger partial charge in [0, 0.05) is 12.3 Å². The summed E-state index contributed by atoms with van der Waals surface area (Å²) >= 11 is 0. The highest BCUT2D eigenvalue weighted by Crippen LogP contribution is 2.39. The molecule has 2 nitrogen and oxygen atoms in total. The Hall–Kier alpha value is -0.630. The van der Waals surface area contributed by atoms with E-state index in [0.717, 1.165) is 25.7 Å². The summed E-state index contributed by atoms with van der Waals surface area (Å²) in [7, 11) is 0. The van der Waals surface area contributed by atoms with Gasteiger partial charge in [-0.25, -0.2) is 0 Å². The minimum absolute atomic E-state index is 0.221. The third-order valence-electron chi connectivity index (χ3n) is 3.35. The van der Waals surface area contributed by atoms with E-state index in [9.17, 15) is 4.79 Å².